The third kappa shape index (κ3) is 5.45. The molecule has 38 heavy (non-hydrogen) atoms. The predicted molar refractivity (Wildman–Crippen MR) is 151 cm³/mol. The zero-order valence-electron chi connectivity index (χ0n) is 22.3. The van der Waals surface area contributed by atoms with Crippen molar-refractivity contribution < 1.29 is 9.47 Å². The Labute approximate surface area is 223 Å². The summed E-state index contributed by atoms with van der Waals surface area (Å²) < 4.78 is 11.5. The fourth-order valence-electron chi connectivity index (χ4n) is 5.74. The van der Waals surface area contributed by atoms with Crippen LogP contribution in [0.3, 0.4) is 0 Å². The Hall–Kier alpha value is -3.27. The van der Waals surface area contributed by atoms with Gasteiger partial charge in [-0.1, -0.05) is 6.07 Å². The number of hydrogen-bond donors (Lipinski definition) is 2. The molecule has 9 heteroatoms. The molecule has 0 radical (unpaired) electrons. The first-order valence-corrected chi connectivity index (χ1v) is 13.7. The van der Waals surface area contributed by atoms with Crippen molar-refractivity contribution in [3.63, 3.8) is 0 Å². The molecule has 4 heterocycles. The Morgan fingerprint density at radius 1 is 1.05 bits per heavy atom. The lowest BCUT2D eigenvalue weighted by molar-refractivity contribution is 0.00791. The molecule has 1 aliphatic carbocycles. The van der Waals surface area contributed by atoms with Crippen molar-refractivity contribution in [1.82, 2.24) is 29.7 Å². The van der Waals surface area contributed by atoms with Crippen molar-refractivity contribution in [3.05, 3.63) is 43.0 Å². The lowest BCUT2D eigenvalue weighted by Crippen LogP contribution is -2.46. The minimum Gasteiger partial charge on any atom is -0.491 e. The number of fused-ring (bicyclic) bond motifs is 3. The van der Waals surface area contributed by atoms with Crippen LogP contribution in [0.2, 0.25) is 0 Å². The highest BCUT2D eigenvalue weighted by atomic mass is 16.5. The molecule has 200 valence electrons. The van der Waals surface area contributed by atoms with E-state index in [9.17, 15) is 0 Å². The van der Waals surface area contributed by atoms with Crippen LogP contribution in [-0.4, -0.2) is 95.4 Å². The number of aromatic amines is 1. The molecule has 1 saturated heterocycles. The number of rotatable bonds is 8. The summed E-state index contributed by atoms with van der Waals surface area (Å²) in [4.78, 5) is 21.9. The van der Waals surface area contributed by atoms with E-state index in [1.807, 2.05) is 20.3 Å². The van der Waals surface area contributed by atoms with E-state index >= 15 is 0 Å². The summed E-state index contributed by atoms with van der Waals surface area (Å²) in [6, 6.07) is 9.59. The van der Waals surface area contributed by atoms with Gasteiger partial charge in [-0.05, 0) is 63.5 Å². The van der Waals surface area contributed by atoms with Crippen LogP contribution < -0.4 is 10.1 Å². The maximum Gasteiger partial charge on any atom is 0.143 e. The van der Waals surface area contributed by atoms with Gasteiger partial charge in [0.05, 0.1) is 24.8 Å². The average Bonchev–Trinajstić information content (AvgIpc) is 3.33. The van der Waals surface area contributed by atoms with E-state index < -0.39 is 0 Å². The highest BCUT2D eigenvalue weighted by molar-refractivity contribution is 6.12. The minimum atomic E-state index is 0.415. The molecule has 1 saturated carbocycles. The highest BCUT2D eigenvalue weighted by Crippen LogP contribution is 2.34. The van der Waals surface area contributed by atoms with Crippen molar-refractivity contribution >= 4 is 27.8 Å². The van der Waals surface area contributed by atoms with Crippen LogP contribution in [-0.2, 0) is 4.74 Å². The van der Waals surface area contributed by atoms with Gasteiger partial charge < -0.3 is 24.7 Å². The van der Waals surface area contributed by atoms with E-state index in [0.717, 1.165) is 90.3 Å². The molecular weight excluding hydrogens is 478 g/mol. The summed E-state index contributed by atoms with van der Waals surface area (Å²) in [5.74, 6) is 1.69. The lowest BCUT2D eigenvalue weighted by Gasteiger charge is -2.39. The van der Waals surface area contributed by atoms with Gasteiger partial charge >= 0.3 is 0 Å². The summed E-state index contributed by atoms with van der Waals surface area (Å²) in [7, 11) is 4.08. The number of ether oxygens (including phenoxy) is 2. The van der Waals surface area contributed by atoms with Crippen LogP contribution in [0, 0.1) is 0 Å². The number of H-pyrrole nitrogens is 1. The molecule has 1 aliphatic heterocycles. The maximum absolute atomic E-state index is 5.92. The minimum absolute atomic E-state index is 0.415. The zero-order chi connectivity index (χ0) is 25.9. The Morgan fingerprint density at radius 2 is 1.89 bits per heavy atom. The molecule has 2 aliphatic rings. The van der Waals surface area contributed by atoms with Crippen LogP contribution in [0.25, 0.3) is 33.1 Å². The van der Waals surface area contributed by atoms with E-state index in [2.05, 4.69) is 54.3 Å². The van der Waals surface area contributed by atoms with Gasteiger partial charge in [-0.2, -0.15) is 0 Å². The SMILES string of the molecule is CN(C)CCOc1cncc(-c2ccc3[nH]c4ncnc(N[C@H]5CC[C@H](N6CCOCC6)CC5)c4c3c2)c1. The Bertz CT molecular complexity index is 1370. The Kier molecular flexibility index (Phi) is 7.40. The van der Waals surface area contributed by atoms with Gasteiger partial charge in [0.25, 0.3) is 0 Å². The van der Waals surface area contributed by atoms with E-state index in [1.54, 1.807) is 12.5 Å². The molecular formula is C29H37N7O2. The molecule has 4 aromatic rings. The first-order valence-electron chi connectivity index (χ1n) is 13.7. The van der Waals surface area contributed by atoms with Gasteiger partial charge in [0, 0.05) is 54.4 Å². The Balaban J connectivity index is 1.22. The van der Waals surface area contributed by atoms with Crippen molar-refractivity contribution in [1.29, 1.82) is 0 Å². The van der Waals surface area contributed by atoms with Crippen molar-refractivity contribution in [2.24, 2.45) is 0 Å². The normalized spacial score (nSPS) is 20.8. The second kappa shape index (κ2) is 11.2. The van der Waals surface area contributed by atoms with Gasteiger partial charge in [0.1, 0.15) is 30.1 Å². The molecule has 2 fully saturated rings. The molecule has 0 amide bonds. The van der Waals surface area contributed by atoms with Gasteiger partial charge in [-0.3, -0.25) is 9.88 Å². The van der Waals surface area contributed by atoms with Crippen LogP contribution in [0.15, 0.2) is 43.0 Å². The average molecular weight is 516 g/mol. The number of benzene rings is 1. The fourth-order valence-corrected chi connectivity index (χ4v) is 5.74. The van der Waals surface area contributed by atoms with E-state index in [1.165, 1.54) is 12.8 Å². The van der Waals surface area contributed by atoms with Crippen molar-refractivity contribution in [3.8, 4) is 16.9 Å². The molecule has 0 atom stereocenters. The van der Waals surface area contributed by atoms with Gasteiger partial charge in [-0.25, -0.2) is 9.97 Å². The number of aromatic nitrogens is 4. The number of likely N-dealkylation sites (N-methyl/N-ethyl adjacent to an activating group) is 1. The lowest BCUT2D eigenvalue weighted by atomic mass is 9.90. The predicted octanol–water partition coefficient (Wildman–Crippen LogP) is 4.17. The summed E-state index contributed by atoms with van der Waals surface area (Å²) in [5.41, 5.74) is 4.02. The van der Waals surface area contributed by atoms with E-state index in [4.69, 9.17) is 14.5 Å². The number of pyridine rings is 1. The molecule has 0 unspecified atom stereocenters. The number of nitrogens with one attached hydrogen (secondary N) is 2. The smallest absolute Gasteiger partial charge is 0.143 e. The quantitative estimate of drug-likeness (QED) is 0.361. The van der Waals surface area contributed by atoms with Crippen LogP contribution >= 0.6 is 0 Å². The second-order valence-corrected chi connectivity index (χ2v) is 10.7. The first kappa shape index (κ1) is 25.0. The monoisotopic (exact) mass is 515 g/mol. The second-order valence-electron chi connectivity index (χ2n) is 10.7. The van der Waals surface area contributed by atoms with Gasteiger partial charge in [0.2, 0.25) is 0 Å². The highest BCUT2D eigenvalue weighted by Gasteiger charge is 2.27. The summed E-state index contributed by atoms with van der Waals surface area (Å²) >= 11 is 0. The molecule has 9 nitrogen and oxygen atoms in total. The molecule has 1 aromatic carbocycles. The topological polar surface area (TPSA) is 91.4 Å². The van der Waals surface area contributed by atoms with E-state index in [0.29, 0.717) is 18.7 Å². The van der Waals surface area contributed by atoms with Gasteiger partial charge in [0.15, 0.2) is 0 Å². The Morgan fingerprint density at radius 3 is 2.71 bits per heavy atom. The van der Waals surface area contributed by atoms with Crippen molar-refractivity contribution in [2.45, 2.75) is 37.8 Å². The van der Waals surface area contributed by atoms with Crippen LogP contribution in [0.5, 0.6) is 5.75 Å². The number of nitrogens with zero attached hydrogens (tertiary/aromatic N) is 5. The number of morpholine rings is 1. The first-order chi connectivity index (χ1) is 18.6. The number of hydrogen-bond acceptors (Lipinski definition) is 8. The fraction of sp³-hybridized carbons (Fsp3) is 0.483. The third-order valence-electron chi connectivity index (χ3n) is 7.84. The number of anilines is 1. The molecule has 3 aromatic heterocycles. The molecule has 2 N–H and O–H groups in total. The maximum atomic E-state index is 5.92. The van der Waals surface area contributed by atoms with Crippen LogP contribution in [0.4, 0.5) is 5.82 Å². The van der Waals surface area contributed by atoms with Gasteiger partial charge in [-0.15, -0.1) is 0 Å². The molecule has 6 rings (SSSR count). The zero-order valence-corrected chi connectivity index (χ0v) is 22.3. The molecule has 0 bridgehead atoms. The summed E-state index contributed by atoms with van der Waals surface area (Å²) in [6.45, 7) is 5.34. The van der Waals surface area contributed by atoms with E-state index in [-0.39, 0.29) is 0 Å². The summed E-state index contributed by atoms with van der Waals surface area (Å²) in [5, 5.41) is 5.94. The molecule has 0 spiro atoms. The largest absolute Gasteiger partial charge is 0.491 e. The van der Waals surface area contributed by atoms with Crippen molar-refractivity contribution in [2.75, 3.05) is 58.9 Å². The van der Waals surface area contributed by atoms with Crippen LogP contribution in [0.1, 0.15) is 25.7 Å². The third-order valence-corrected chi connectivity index (χ3v) is 7.84. The summed E-state index contributed by atoms with van der Waals surface area (Å²) in [6.07, 6.45) is 10.0. The standard InChI is InChI=1S/C29H37N7O2/c1-35(2)9-14-38-24-15-21(17-30-18-24)20-3-8-26-25(16-20)27-28(31-19-32-29(27)34-26)33-22-4-6-23(7-5-22)36-10-12-37-13-11-36/h3,8,15-19,22-23H,4-7,9-14H2,1-2H3,(H2,31,32,33,34)/t22-,23-.